The Morgan fingerprint density at radius 2 is 1.88 bits per heavy atom. The molecule has 0 amide bonds. The molecule has 0 fully saturated rings. The van der Waals surface area contributed by atoms with E-state index in [1.54, 1.807) is 42.5 Å². The summed E-state index contributed by atoms with van der Waals surface area (Å²) in [5.74, 6) is 0.522. The Bertz CT molecular complexity index is 961. The first-order chi connectivity index (χ1) is 11.8. The molecule has 0 unspecified atom stereocenters. The minimum Gasteiger partial charge on any atom is -0.490 e. The van der Waals surface area contributed by atoms with E-state index in [4.69, 9.17) is 4.74 Å². The monoisotopic (exact) mass is 483 g/mol. The topological polar surface area (TPSA) is 67.2 Å². The number of halogens is 2. The fraction of sp³-hybridized carbons (Fsp3) is 0.167. The van der Waals surface area contributed by atoms with Gasteiger partial charge in [-0.1, -0.05) is 34.1 Å². The van der Waals surface area contributed by atoms with Gasteiger partial charge in [-0.3, -0.25) is 0 Å². The minimum atomic E-state index is -3.98. The van der Waals surface area contributed by atoms with Crippen LogP contribution in [0.4, 0.5) is 0 Å². The summed E-state index contributed by atoms with van der Waals surface area (Å²) < 4.78 is 32.5. The number of sulfone groups is 1. The van der Waals surface area contributed by atoms with E-state index in [9.17, 15) is 13.7 Å². The highest BCUT2D eigenvalue weighted by Gasteiger charge is 2.24. The van der Waals surface area contributed by atoms with Gasteiger partial charge in [0.15, 0.2) is 0 Å². The second kappa shape index (κ2) is 8.17. The van der Waals surface area contributed by atoms with E-state index < -0.39 is 9.84 Å². The molecule has 0 heterocycles. The summed E-state index contributed by atoms with van der Waals surface area (Å²) in [4.78, 5) is -0.331. The lowest BCUT2D eigenvalue weighted by Gasteiger charge is -2.12. The fourth-order valence-electron chi connectivity index (χ4n) is 2.07. The molecule has 7 heteroatoms. The molecule has 4 nitrogen and oxygen atoms in total. The molecule has 0 aliphatic heterocycles. The standard InChI is InChI=1S/C18H15Br2NO3S/c1-12(2)24-17-6-4-3-5-13(17)9-15(11-21)25(22,23)18-10-14(19)7-8-16(18)20/h3-10,12H,1-2H3. The van der Waals surface area contributed by atoms with Crippen LogP contribution in [0.2, 0.25) is 0 Å². The number of nitriles is 1. The molecule has 2 rings (SSSR count). The molecule has 0 bridgehead atoms. The average Bonchev–Trinajstić information content (AvgIpc) is 2.55. The molecule has 0 aliphatic carbocycles. The lowest BCUT2D eigenvalue weighted by molar-refractivity contribution is 0.242. The van der Waals surface area contributed by atoms with E-state index in [-0.39, 0.29) is 15.9 Å². The van der Waals surface area contributed by atoms with Gasteiger partial charge in [-0.05, 0) is 60.1 Å². The zero-order chi connectivity index (χ0) is 18.6. The second-order valence-electron chi connectivity index (χ2n) is 5.40. The van der Waals surface area contributed by atoms with Crippen molar-refractivity contribution in [3.63, 3.8) is 0 Å². The third kappa shape index (κ3) is 4.72. The summed E-state index contributed by atoms with van der Waals surface area (Å²) in [6, 6.07) is 13.6. The van der Waals surface area contributed by atoms with Gasteiger partial charge in [-0.2, -0.15) is 5.26 Å². The smallest absolute Gasteiger partial charge is 0.217 e. The quantitative estimate of drug-likeness (QED) is 0.537. The van der Waals surface area contributed by atoms with Crippen molar-refractivity contribution in [1.29, 1.82) is 5.26 Å². The van der Waals surface area contributed by atoms with Crippen LogP contribution in [0.3, 0.4) is 0 Å². The lowest BCUT2D eigenvalue weighted by Crippen LogP contribution is -2.07. The zero-order valence-corrected chi connectivity index (χ0v) is 17.5. The number of ether oxygens (including phenoxy) is 1. The number of benzene rings is 2. The summed E-state index contributed by atoms with van der Waals surface area (Å²) in [6.45, 7) is 3.75. The van der Waals surface area contributed by atoms with Gasteiger partial charge in [0, 0.05) is 14.5 Å². The van der Waals surface area contributed by atoms with Gasteiger partial charge in [0.1, 0.15) is 16.7 Å². The van der Waals surface area contributed by atoms with Crippen LogP contribution in [0, 0.1) is 11.3 Å². The largest absolute Gasteiger partial charge is 0.490 e. The molecule has 0 saturated carbocycles. The van der Waals surface area contributed by atoms with E-state index in [0.29, 0.717) is 20.3 Å². The maximum atomic E-state index is 12.9. The Morgan fingerprint density at radius 1 is 1.20 bits per heavy atom. The number of para-hydroxylation sites is 1. The van der Waals surface area contributed by atoms with Gasteiger partial charge in [-0.15, -0.1) is 0 Å². The van der Waals surface area contributed by atoms with E-state index >= 15 is 0 Å². The van der Waals surface area contributed by atoms with Gasteiger partial charge in [0.25, 0.3) is 0 Å². The maximum Gasteiger partial charge on any atom is 0.217 e. The third-order valence-corrected chi connectivity index (χ3v) is 6.30. The first-order valence-electron chi connectivity index (χ1n) is 7.33. The third-order valence-electron chi connectivity index (χ3n) is 3.15. The van der Waals surface area contributed by atoms with E-state index in [2.05, 4.69) is 31.9 Å². The van der Waals surface area contributed by atoms with Crippen molar-refractivity contribution >= 4 is 47.8 Å². The molecular weight excluding hydrogens is 470 g/mol. The van der Waals surface area contributed by atoms with Crippen molar-refractivity contribution in [3.05, 3.63) is 61.9 Å². The number of allylic oxidation sites excluding steroid dienone is 1. The fourth-order valence-corrected chi connectivity index (χ4v) is 4.72. The SMILES string of the molecule is CC(C)Oc1ccccc1C=C(C#N)S(=O)(=O)c1cc(Br)ccc1Br. The van der Waals surface area contributed by atoms with Crippen molar-refractivity contribution in [2.24, 2.45) is 0 Å². The Labute approximate surface area is 164 Å². The van der Waals surface area contributed by atoms with Crippen molar-refractivity contribution in [2.75, 3.05) is 0 Å². The lowest BCUT2D eigenvalue weighted by atomic mass is 10.2. The molecule has 0 saturated heterocycles. The van der Waals surface area contributed by atoms with Crippen LogP contribution in [-0.4, -0.2) is 14.5 Å². The van der Waals surface area contributed by atoms with E-state index in [1.807, 2.05) is 13.8 Å². The molecule has 0 spiro atoms. The molecule has 0 N–H and O–H groups in total. The summed E-state index contributed by atoms with van der Waals surface area (Å²) in [7, 11) is -3.98. The van der Waals surface area contributed by atoms with Gasteiger partial charge in [0.05, 0.1) is 11.0 Å². The summed E-state index contributed by atoms with van der Waals surface area (Å²) >= 11 is 6.49. The first-order valence-corrected chi connectivity index (χ1v) is 10.4. The maximum absolute atomic E-state index is 12.9. The van der Waals surface area contributed by atoms with Crippen LogP contribution < -0.4 is 4.74 Å². The summed E-state index contributed by atoms with van der Waals surface area (Å²) in [5, 5.41) is 9.45. The summed E-state index contributed by atoms with van der Waals surface area (Å²) in [6.07, 6.45) is 1.26. The number of nitrogens with zero attached hydrogens (tertiary/aromatic N) is 1. The van der Waals surface area contributed by atoms with E-state index in [1.165, 1.54) is 12.1 Å². The number of rotatable bonds is 5. The highest BCUT2D eigenvalue weighted by Crippen LogP contribution is 2.32. The minimum absolute atomic E-state index is 0.0249. The van der Waals surface area contributed by atoms with Crippen molar-refractivity contribution in [1.82, 2.24) is 0 Å². The highest BCUT2D eigenvalue weighted by molar-refractivity contribution is 9.11. The van der Waals surface area contributed by atoms with Gasteiger partial charge >= 0.3 is 0 Å². The van der Waals surface area contributed by atoms with Crippen LogP contribution in [0.1, 0.15) is 19.4 Å². The first kappa shape index (κ1) is 19.7. The number of hydrogen-bond donors (Lipinski definition) is 0. The van der Waals surface area contributed by atoms with Crippen molar-refractivity contribution in [3.8, 4) is 11.8 Å². The Hall–Kier alpha value is -1.62. The van der Waals surface area contributed by atoms with Gasteiger partial charge in [0.2, 0.25) is 9.84 Å². The predicted molar refractivity (Wildman–Crippen MR) is 105 cm³/mol. The molecular formula is C18H15Br2NO3S. The van der Waals surface area contributed by atoms with Crippen LogP contribution in [0.25, 0.3) is 6.08 Å². The number of hydrogen-bond acceptors (Lipinski definition) is 4. The summed E-state index contributed by atoms with van der Waals surface area (Å²) in [5.41, 5.74) is 0.530. The predicted octanol–water partition coefficient (Wildman–Crippen LogP) is 5.34. The Kier molecular flexibility index (Phi) is 6.44. The molecule has 0 radical (unpaired) electrons. The van der Waals surface area contributed by atoms with Crippen LogP contribution in [0.15, 0.2) is 61.2 Å². The Balaban J connectivity index is 2.59. The second-order valence-corrected chi connectivity index (χ2v) is 9.06. The zero-order valence-electron chi connectivity index (χ0n) is 13.5. The van der Waals surface area contributed by atoms with E-state index in [0.717, 1.165) is 0 Å². The Morgan fingerprint density at radius 3 is 2.52 bits per heavy atom. The van der Waals surface area contributed by atoms with Crippen LogP contribution in [0.5, 0.6) is 5.75 Å². The van der Waals surface area contributed by atoms with Gasteiger partial charge in [-0.25, -0.2) is 8.42 Å². The molecule has 2 aromatic rings. The van der Waals surface area contributed by atoms with Crippen molar-refractivity contribution in [2.45, 2.75) is 24.8 Å². The molecule has 25 heavy (non-hydrogen) atoms. The normalized spacial score (nSPS) is 12.1. The highest BCUT2D eigenvalue weighted by atomic mass is 79.9. The average molecular weight is 485 g/mol. The van der Waals surface area contributed by atoms with Crippen LogP contribution >= 0.6 is 31.9 Å². The van der Waals surface area contributed by atoms with Gasteiger partial charge < -0.3 is 4.74 Å². The molecule has 0 atom stereocenters. The molecule has 130 valence electrons. The molecule has 0 aromatic heterocycles. The van der Waals surface area contributed by atoms with Crippen LogP contribution in [-0.2, 0) is 9.84 Å². The van der Waals surface area contributed by atoms with Crippen molar-refractivity contribution < 1.29 is 13.2 Å². The molecule has 0 aliphatic rings. The molecule has 2 aromatic carbocycles.